The van der Waals surface area contributed by atoms with Gasteiger partial charge in [0.15, 0.2) is 0 Å². The van der Waals surface area contributed by atoms with Crippen molar-refractivity contribution in [3.63, 3.8) is 0 Å². The number of aryl methyl sites for hydroxylation is 2. The number of nitrogens with zero attached hydrogens (tertiary/aromatic N) is 1. The van der Waals surface area contributed by atoms with Crippen LogP contribution < -0.4 is 0 Å². The van der Waals surface area contributed by atoms with E-state index in [1.54, 1.807) is 0 Å². The van der Waals surface area contributed by atoms with Gasteiger partial charge in [0.25, 0.3) is 0 Å². The highest BCUT2D eigenvalue weighted by Crippen LogP contribution is 2.50. The summed E-state index contributed by atoms with van der Waals surface area (Å²) in [4.78, 5) is 4.69. The van der Waals surface area contributed by atoms with Crippen LogP contribution in [0.4, 0.5) is 0 Å². The van der Waals surface area contributed by atoms with Gasteiger partial charge >= 0.3 is 0 Å². The number of fused-ring (bicyclic) bond motifs is 4. The second-order valence-electron chi connectivity index (χ2n) is 5.25. The van der Waals surface area contributed by atoms with Crippen molar-refractivity contribution in [2.75, 3.05) is 0 Å². The third-order valence-electron chi connectivity index (χ3n) is 4.52. The fraction of sp³-hybridized carbons (Fsp3) is 0.312. The highest BCUT2D eigenvalue weighted by Gasteiger charge is 2.45. The molecule has 1 atom stereocenters. The number of hydrogen-bond donors (Lipinski definition) is 0. The Morgan fingerprint density at radius 3 is 2.59 bits per heavy atom. The molecule has 1 heterocycles. The van der Waals surface area contributed by atoms with Crippen LogP contribution in [0.25, 0.3) is 0 Å². The Balaban J connectivity index is 1.97. The first kappa shape index (κ1) is 9.41. The molecule has 0 aliphatic heterocycles. The lowest BCUT2D eigenvalue weighted by molar-refractivity contribution is 0.496. The Hall–Kier alpha value is -1.63. The van der Waals surface area contributed by atoms with E-state index in [0.717, 1.165) is 0 Å². The standard InChI is InChI=1S/C16H15N/c1-2-6-14-12(4-1)7-9-16(14)10-8-13-5-3-11-17-15(13)16/h1-6,11H,7-10H2. The molecule has 0 bridgehead atoms. The average Bonchev–Trinajstić information content (AvgIpc) is 2.95. The smallest absolute Gasteiger partial charge is 0.0541 e. The Morgan fingerprint density at radius 2 is 1.65 bits per heavy atom. The summed E-state index contributed by atoms with van der Waals surface area (Å²) in [5, 5.41) is 0. The largest absolute Gasteiger partial charge is 0.260 e. The molecule has 1 heteroatoms. The van der Waals surface area contributed by atoms with Gasteiger partial charge in [-0.1, -0.05) is 30.3 Å². The molecular formula is C16H15N. The van der Waals surface area contributed by atoms with E-state index in [0.29, 0.717) is 0 Å². The third kappa shape index (κ3) is 1.12. The van der Waals surface area contributed by atoms with Crippen molar-refractivity contribution < 1.29 is 0 Å². The highest BCUT2D eigenvalue weighted by atomic mass is 14.7. The van der Waals surface area contributed by atoms with Crippen molar-refractivity contribution in [1.29, 1.82) is 0 Å². The van der Waals surface area contributed by atoms with Crippen molar-refractivity contribution >= 4 is 0 Å². The van der Waals surface area contributed by atoms with Crippen molar-refractivity contribution in [3.05, 3.63) is 65.0 Å². The second kappa shape index (κ2) is 3.19. The molecule has 0 fully saturated rings. The minimum Gasteiger partial charge on any atom is -0.260 e. The van der Waals surface area contributed by atoms with Gasteiger partial charge in [0.1, 0.15) is 0 Å². The third-order valence-corrected chi connectivity index (χ3v) is 4.52. The Morgan fingerprint density at radius 1 is 0.882 bits per heavy atom. The Kier molecular flexibility index (Phi) is 1.77. The van der Waals surface area contributed by atoms with Gasteiger partial charge in [-0.05, 0) is 48.4 Å². The van der Waals surface area contributed by atoms with Crippen LogP contribution in [0, 0.1) is 0 Å². The lowest BCUT2D eigenvalue weighted by atomic mass is 9.79. The molecule has 84 valence electrons. The van der Waals surface area contributed by atoms with Gasteiger partial charge in [-0.2, -0.15) is 0 Å². The SMILES string of the molecule is c1ccc2c(c1)CCC21CCc2cccnc21. The van der Waals surface area contributed by atoms with Crippen LogP contribution in [-0.2, 0) is 18.3 Å². The first-order chi connectivity index (χ1) is 8.40. The van der Waals surface area contributed by atoms with Gasteiger partial charge in [-0.15, -0.1) is 0 Å². The van der Waals surface area contributed by atoms with Crippen molar-refractivity contribution in [3.8, 4) is 0 Å². The summed E-state index contributed by atoms with van der Waals surface area (Å²) < 4.78 is 0. The Bertz CT molecular complexity index is 532. The van der Waals surface area contributed by atoms with Crippen LogP contribution >= 0.6 is 0 Å². The minimum absolute atomic E-state index is 0.243. The average molecular weight is 221 g/mol. The molecular weight excluding hydrogens is 206 g/mol. The number of hydrogen-bond acceptors (Lipinski definition) is 1. The van der Waals surface area contributed by atoms with E-state index in [1.807, 2.05) is 6.20 Å². The first-order valence-corrected chi connectivity index (χ1v) is 6.43. The zero-order valence-corrected chi connectivity index (χ0v) is 9.82. The van der Waals surface area contributed by atoms with Gasteiger partial charge in [-0.3, -0.25) is 4.98 Å². The van der Waals surface area contributed by atoms with Gasteiger partial charge < -0.3 is 0 Å². The zero-order valence-electron chi connectivity index (χ0n) is 9.82. The van der Waals surface area contributed by atoms with Gasteiger partial charge in [0.05, 0.1) is 5.69 Å². The summed E-state index contributed by atoms with van der Waals surface area (Å²) in [6.07, 6.45) is 6.85. The zero-order chi connectivity index (χ0) is 11.3. The van der Waals surface area contributed by atoms with E-state index in [2.05, 4.69) is 36.4 Å². The molecule has 0 saturated heterocycles. The van der Waals surface area contributed by atoms with E-state index in [9.17, 15) is 0 Å². The monoisotopic (exact) mass is 221 g/mol. The highest BCUT2D eigenvalue weighted by molar-refractivity contribution is 5.50. The maximum Gasteiger partial charge on any atom is 0.0541 e. The molecule has 0 saturated carbocycles. The summed E-state index contributed by atoms with van der Waals surface area (Å²) in [6, 6.07) is 13.2. The summed E-state index contributed by atoms with van der Waals surface area (Å²) in [5.74, 6) is 0. The predicted octanol–water partition coefficient (Wildman–Crippen LogP) is 3.26. The van der Waals surface area contributed by atoms with Crippen molar-refractivity contribution in [2.24, 2.45) is 0 Å². The predicted molar refractivity (Wildman–Crippen MR) is 68.1 cm³/mol. The first-order valence-electron chi connectivity index (χ1n) is 6.43. The molecule has 1 aromatic carbocycles. The molecule has 2 aliphatic carbocycles. The summed E-state index contributed by atoms with van der Waals surface area (Å²) in [6.45, 7) is 0. The molecule has 4 rings (SSSR count). The van der Waals surface area contributed by atoms with E-state index < -0.39 is 0 Å². The van der Waals surface area contributed by atoms with E-state index in [-0.39, 0.29) is 5.41 Å². The van der Waals surface area contributed by atoms with Crippen LogP contribution in [0.3, 0.4) is 0 Å². The number of aromatic nitrogens is 1. The maximum atomic E-state index is 4.69. The van der Waals surface area contributed by atoms with Gasteiger partial charge in [0, 0.05) is 11.6 Å². The molecule has 0 amide bonds. The summed E-state index contributed by atoms with van der Waals surface area (Å²) >= 11 is 0. The lowest BCUT2D eigenvalue weighted by Gasteiger charge is -2.25. The maximum absolute atomic E-state index is 4.69. The van der Waals surface area contributed by atoms with Crippen LogP contribution in [0.5, 0.6) is 0 Å². The Labute approximate surface area is 102 Å². The number of benzene rings is 1. The topological polar surface area (TPSA) is 12.9 Å². The van der Waals surface area contributed by atoms with Crippen LogP contribution in [0.2, 0.25) is 0 Å². The number of pyridine rings is 1. The van der Waals surface area contributed by atoms with E-state index >= 15 is 0 Å². The normalized spacial score (nSPS) is 24.9. The summed E-state index contributed by atoms with van der Waals surface area (Å²) in [7, 11) is 0. The van der Waals surface area contributed by atoms with Gasteiger partial charge in [0.2, 0.25) is 0 Å². The molecule has 17 heavy (non-hydrogen) atoms. The summed E-state index contributed by atoms with van der Waals surface area (Å²) in [5.41, 5.74) is 6.13. The lowest BCUT2D eigenvalue weighted by Crippen LogP contribution is -2.22. The van der Waals surface area contributed by atoms with Crippen LogP contribution in [0.15, 0.2) is 42.6 Å². The van der Waals surface area contributed by atoms with Crippen LogP contribution in [0.1, 0.15) is 35.2 Å². The van der Waals surface area contributed by atoms with Crippen LogP contribution in [-0.4, -0.2) is 4.98 Å². The van der Waals surface area contributed by atoms with Gasteiger partial charge in [-0.25, -0.2) is 0 Å². The molecule has 2 aromatic rings. The molecule has 1 unspecified atom stereocenters. The molecule has 1 aromatic heterocycles. The quantitative estimate of drug-likeness (QED) is 0.665. The second-order valence-corrected chi connectivity index (χ2v) is 5.25. The molecule has 1 spiro atoms. The number of rotatable bonds is 0. The fourth-order valence-electron chi connectivity index (χ4n) is 3.73. The van der Waals surface area contributed by atoms with E-state index in [4.69, 9.17) is 4.98 Å². The molecule has 0 radical (unpaired) electrons. The molecule has 0 N–H and O–H groups in total. The van der Waals surface area contributed by atoms with E-state index in [1.165, 1.54) is 48.1 Å². The van der Waals surface area contributed by atoms with Crippen molar-refractivity contribution in [1.82, 2.24) is 4.98 Å². The van der Waals surface area contributed by atoms with Crippen molar-refractivity contribution in [2.45, 2.75) is 31.1 Å². The molecule has 1 nitrogen and oxygen atoms in total. The fourth-order valence-corrected chi connectivity index (χ4v) is 3.73. The molecule has 2 aliphatic rings. The minimum atomic E-state index is 0.243.